The molecular weight excluding hydrogens is 240 g/mol. The van der Waals surface area contributed by atoms with Gasteiger partial charge in [-0.25, -0.2) is 4.98 Å². The van der Waals surface area contributed by atoms with Crippen LogP contribution in [0.15, 0.2) is 12.3 Å². The van der Waals surface area contributed by atoms with Crippen molar-refractivity contribution < 1.29 is 4.74 Å². The topological polar surface area (TPSA) is 84.0 Å². The normalized spacial score (nSPS) is 24.3. The van der Waals surface area contributed by atoms with Gasteiger partial charge in [-0.3, -0.25) is 0 Å². The van der Waals surface area contributed by atoms with Gasteiger partial charge < -0.3 is 15.8 Å². The number of nitrogens with zero attached hydrogens (tertiary/aromatic N) is 2. The number of nitrogen functional groups attached to an aromatic ring is 1. The second kappa shape index (κ2) is 5.06. The van der Waals surface area contributed by atoms with E-state index in [0.717, 1.165) is 13.0 Å². The minimum Gasteiger partial charge on any atom is -0.395 e. The van der Waals surface area contributed by atoms with Crippen molar-refractivity contribution in [3.8, 4) is 6.07 Å². The molecule has 1 aromatic rings. The molecule has 19 heavy (non-hydrogen) atoms. The van der Waals surface area contributed by atoms with E-state index in [1.165, 1.54) is 0 Å². The van der Waals surface area contributed by atoms with Gasteiger partial charge >= 0.3 is 0 Å². The molecule has 102 valence electrons. The summed E-state index contributed by atoms with van der Waals surface area (Å²) in [6.07, 6.45) is 2.79. The quantitative estimate of drug-likeness (QED) is 0.866. The van der Waals surface area contributed by atoms with E-state index >= 15 is 0 Å². The summed E-state index contributed by atoms with van der Waals surface area (Å²) in [5.74, 6) is 0.590. The molecule has 5 nitrogen and oxygen atoms in total. The Morgan fingerprint density at radius 3 is 2.95 bits per heavy atom. The maximum absolute atomic E-state index is 8.96. The molecule has 0 aliphatic heterocycles. The number of hydrogen-bond donors (Lipinski definition) is 2. The van der Waals surface area contributed by atoms with Crippen LogP contribution in [0.5, 0.6) is 0 Å². The summed E-state index contributed by atoms with van der Waals surface area (Å²) in [5, 5.41) is 12.3. The summed E-state index contributed by atoms with van der Waals surface area (Å²) in [6.45, 7) is 7.07. The number of ether oxygens (including phenoxy) is 1. The molecular formula is C14H20N4O. The van der Waals surface area contributed by atoms with E-state index in [2.05, 4.69) is 30.2 Å². The summed E-state index contributed by atoms with van der Waals surface area (Å²) in [5.41, 5.74) is 6.83. The molecule has 5 heteroatoms. The lowest BCUT2D eigenvalue weighted by Crippen LogP contribution is -2.58. The van der Waals surface area contributed by atoms with Crippen molar-refractivity contribution in [2.45, 2.75) is 39.3 Å². The molecule has 0 aromatic carbocycles. The molecule has 0 radical (unpaired) electrons. The Morgan fingerprint density at radius 2 is 2.37 bits per heavy atom. The number of hydrogen-bond acceptors (Lipinski definition) is 5. The zero-order valence-electron chi connectivity index (χ0n) is 11.6. The number of nitriles is 1. The molecule has 3 N–H and O–H groups in total. The fourth-order valence-corrected chi connectivity index (χ4v) is 2.47. The molecule has 1 aromatic heterocycles. The van der Waals surface area contributed by atoms with Gasteiger partial charge in [-0.2, -0.15) is 5.26 Å². The highest BCUT2D eigenvalue weighted by Gasteiger charge is 2.49. The van der Waals surface area contributed by atoms with Crippen LogP contribution in [0, 0.1) is 16.7 Å². The minimum absolute atomic E-state index is 0.0345. The first-order valence-corrected chi connectivity index (χ1v) is 6.53. The van der Waals surface area contributed by atoms with Crippen LogP contribution in [-0.4, -0.2) is 23.7 Å². The third-order valence-corrected chi connectivity index (χ3v) is 3.97. The Labute approximate surface area is 113 Å². The Morgan fingerprint density at radius 1 is 1.63 bits per heavy atom. The van der Waals surface area contributed by atoms with Crippen LogP contribution in [0.2, 0.25) is 0 Å². The summed E-state index contributed by atoms with van der Waals surface area (Å²) in [4.78, 5) is 4.22. The van der Waals surface area contributed by atoms with Gasteiger partial charge in [0.05, 0.1) is 17.4 Å². The molecule has 1 heterocycles. The molecule has 0 amide bonds. The first-order valence-electron chi connectivity index (χ1n) is 6.53. The van der Waals surface area contributed by atoms with Crippen LogP contribution in [0.3, 0.4) is 0 Å². The third-order valence-electron chi connectivity index (χ3n) is 3.97. The Balaban J connectivity index is 2.10. The largest absolute Gasteiger partial charge is 0.395 e. The van der Waals surface area contributed by atoms with Crippen molar-refractivity contribution in [3.05, 3.63) is 17.8 Å². The minimum atomic E-state index is 0.0345. The van der Waals surface area contributed by atoms with E-state index in [4.69, 9.17) is 15.7 Å². The van der Waals surface area contributed by atoms with Gasteiger partial charge in [0.1, 0.15) is 6.07 Å². The zero-order valence-corrected chi connectivity index (χ0v) is 11.6. The van der Waals surface area contributed by atoms with E-state index in [1.54, 1.807) is 12.3 Å². The maximum atomic E-state index is 8.96. The van der Waals surface area contributed by atoms with E-state index in [0.29, 0.717) is 17.1 Å². The second-order valence-corrected chi connectivity index (χ2v) is 5.43. The van der Waals surface area contributed by atoms with Crippen LogP contribution < -0.4 is 11.1 Å². The summed E-state index contributed by atoms with van der Waals surface area (Å²) in [7, 11) is 0. The van der Waals surface area contributed by atoms with Crippen LogP contribution in [0.25, 0.3) is 0 Å². The van der Waals surface area contributed by atoms with E-state index in [9.17, 15) is 0 Å². The molecule has 2 atom stereocenters. The number of pyridine rings is 1. The average molecular weight is 260 g/mol. The van der Waals surface area contributed by atoms with E-state index < -0.39 is 0 Å². The fourth-order valence-electron chi connectivity index (χ4n) is 2.47. The summed E-state index contributed by atoms with van der Waals surface area (Å²) in [6, 6.07) is 3.94. The highest BCUT2D eigenvalue weighted by atomic mass is 16.5. The average Bonchev–Trinajstić information content (AvgIpc) is 2.39. The van der Waals surface area contributed by atoms with Crippen LogP contribution in [-0.2, 0) is 4.74 Å². The van der Waals surface area contributed by atoms with E-state index in [-0.39, 0.29) is 17.6 Å². The fraction of sp³-hybridized carbons (Fsp3) is 0.571. The molecule has 1 fully saturated rings. The highest BCUT2D eigenvalue weighted by molar-refractivity contribution is 5.69. The number of anilines is 2. The lowest BCUT2D eigenvalue weighted by atomic mass is 9.64. The van der Waals surface area contributed by atoms with Gasteiger partial charge in [0.25, 0.3) is 0 Å². The number of nitrogens with one attached hydrogen (secondary N) is 1. The second-order valence-electron chi connectivity index (χ2n) is 5.43. The van der Waals surface area contributed by atoms with Crippen molar-refractivity contribution in [2.24, 2.45) is 5.41 Å². The van der Waals surface area contributed by atoms with Crippen molar-refractivity contribution in [1.82, 2.24) is 4.98 Å². The van der Waals surface area contributed by atoms with Gasteiger partial charge in [0.2, 0.25) is 0 Å². The molecule has 1 saturated carbocycles. The zero-order chi connectivity index (χ0) is 14.0. The highest BCUT2D eigenvalue weighted by Crippen LogP contribution is 2.44. The Bertz CT molecular complexity index is 507. The van der Waals surface area contributed by atoms with Gasteiger partial charge in [-0.05, 0) is 19.4 Å². The molecule has 1 aliphatic carbocycles. The number of aromatic nitrogens is 1. The smallest absolute Gasteiger partial charge is 0.150 e. The SMILES string of the molecule is CCOC1CC(Nc2nccc(C#N)c2N)C1(C)C. The summed E-state index contributed by atoms with van der Waals surface area (Å²) < 4.78 is 5.69. The molecule has 2 rings (SSSR count). The van der Waals surface area contributed by atoms with Crippen LogP contribution in [0.4, 0.5) is 11.5 Å². The van der Waals surface area contributed by atoms with Crippen molar-refractivity contribution in [1.29, 1.82) is 5.26 Å². The predicted octanol–water partition coefficient (Wildman–Crippen LogP) is 2.15. The number of rotatable bonds is 4. The first kappa shape index (κ1) is 13.6. The van der Waals surface area contributed by atoms with Crippen molar-refractivity contribution in [3.63, 3.8) is 0 Å². The Hall–Kier alpha value is -1.80. The van der Waals surface area contributed by atoms with Crippen molar-refractivity contribution in [2.75, 3.05) is 17.7 Å². The lowest BCUT2D eigenvalue weighted by Gasteiger charge is -2.51. The molecule has 2 unspecified atom stereocenters. The lowest BCUT2D eigenvalue weighted by molar-refractivity contribution is -0.0976. The summed E-state index contributed by atoms with van der Waals surface area (Å²) >= 11 is 0. The Kier molecular flexibility index (Phi) is 3.63. The monoisotopic (exact) mass is 260 g/mol. The molecule has 1 aliphatic rings. The predicted molar refractivity (Wildman–Crippen MR) is 74.6 cm³/mol. The number of nitrogens with two attached hydrogens (primary N) is 1. The third kappa shape index (κ3) is 2.36. The molecule has 0 saturated heterocycles. The first-order chi connectivity index (χ1) is 9.00. The van der Waals surface area contributed by atoms with Crippen LogP contribution >= 0.6 is 0 Å². The maximum Gasteiger partial charge on any atom is 0.150 e. The molecule has 0 bridgehead atoms. The standard InChI is InChI=1S/C14H20N4O/c1-4-19-11-7-10(14(11,2)3)18-13-12(16)9(8-15)5-6-17-13/h5-6,10-11H,4,7,16H2,1-3H3,(H,17,18). The van der Waals surface area contributed by atoms with Crippen molar-refractivity contribution >= 4 is 11.5 Å². The van der Waals surface area contributed by atoms with Gasteiger partial charge in [-0.1, -0.05) is 13.8 Å². The van der Waals surface area contributed by atoms with Crippen LogP contribution in [0.1, 0.15) is 32.8 Å². The molecule has 0 spiro atoms. The van der Waals surface area contributed by atoms with E-state index in [1.807, 2.05) is 6.92 Å². The van der Waals surface area contributed by atoms with Gasteiger partial charge in [0.15, 0.2) is 5.82 Å². The van der Waals surface area contributed by atoms with Gasteiger partial charge in [0, 0.05) is 24.3 Å². The van der Waals surface area contributed by atoms with Gasteiger partial charge in [-0.15, -0.1) is 0 Å².